The minimum absolute atomic E-state index is 0.0470. The number of rotatable bonds is 10. The number of benzene rings is 2. The molecule has 0 unspecified atom stereocenters. The molecule has 1 N–H and O–H groups in total. The van der Waals surface area contributed by atoms with E-state index in [0.717, 1.165) is 22.5 Å². The van der Waals surface area contributed by atoms with E-state index in [-0.39, 0.29) is 23.9 Å². The van der Waals surface area contributed by atoms with Gasteiger partial charge < -0.3 is 10.2 Å². The van der Waals surface area contributed by atoms with Crippen LogP contribution >= 0.6 is 23.2 Å². The Balaban J connectivity index is 2.42. The summed E-state index contributed by atoms with van der Waals surface area (Å²) < 4.78 is 26.5. The van der Waals surface area contributed by atoms with Crippen LogP contribution < -0.4 is 9.62 Å². The van der Waals surface area contributed by atoms with E-state index >= 15 is 0 Å². The molecule has 0 fully saturated rings. The van der Waals surface area contributed by atoms with E-state index in [1.807, 2.05) is 26.0 Å². The van der Waals surface area contributed by atoms with E-state index in [1.54, 1.807) is 37.3 Å². The minimum atomic E-state index is -3.80. The lowest BCUT2D eigenvalue weighted by Gasteiger charge is -2.32. The molecule has 0 spiro atoms. The normalized spacial score (nSPS) is 13.5. The molecule has 2 atom stereocenters. The number of hydrogen-bond acceptors (Lipinski definition) is 4. The third-order valence-corrected chi connectivity index (χ3v) is 8.09. The quantitative estimate of drug-likeness (QED) is 0.415. The van der Waals surface area contributed by atoms with Crippen molar-refractivity contribution in [2.45, 2.75) is 72.0 Å². The third kappa shape index (κ3) is 8.62. The average molecular weight is 571 g/mol. The Morgan fingerprint density at radius 3 is 2.08 bits per heavy atom. The van der Waals surface area contributed by atoms with Gasteiger partial charge >= 0.3 is 0 Å². The van der Waals surface area contributed by atoms with Crippen molar-refractivity contribution in [3.8, 4) is 0 Å². The predicted octanol–water partition coefficient (Wildman–Crippen LogP) is 5.39. The average Bonchev–Trinajstić information content (AvgIpc) is 2.81. The SMILES string of the molecule is CC[C@@H](C)NC(=O)[C@H](C)N(Cc1ccc(Cl)c(Cl)c1)C(=O)CN(c1ccc(C(C)(C)C)cc1)S(C)(=O)=O. The van der Waals surface area contributed by atoms with Crippen molar-refractivity contribution >= 4 is 50.7 Å². The van der Waals surface area contributed by atoms with Crippen LogP contribution in [-0.4, -0.2) is 50.0 Å². The van der Waals surface area contributed by atoms with Crippen molar-refractivity contribution in [2.75, 3.05) is 17.1 Å². The first kappa shape index (κ1) is 30.9. The molecular formula is C27H37Cl2N3O4S. The smallest absolute Gasteiger partial charge is 0.244 e. The summed E-state index contributed by atoms with van der Waals surface area (Å²) in [6, 6.07) is 11.1. The highest BCUT2D eigenvalue weighted by Crippen LogP contribution is 2.27. The van der Waals surface area contributed by atoms with Gasteiger partial charge in [0, 0.05) is 12.6 Å². The van der Waals surface area contributed by atoms with Gasteiger partial charge in [0.2, 0.25) is 21.8 Å². The number of halogens is 2. The van der Waals surface area contributed by atoms with E-state index in [0.29, 0.717) is 21.3 Å². The molecule has 0 bridgehead atoms. The van der Waals surface area contributed by atoms with E-state index < -0.39 is 28.5 Å². The van der Waals surface area contributed by atoms with Crippen molar-refractivity contribution in [3.63, 3.8) is 0 Å². The Hall–Kier alpha value is -2.29. The Labute approximate surface area is 231 Å². The van der Waals surface area contributed by atoms with E-state index in [9.17, 15) is 18.0 Å². The van der Waals surface area contributed by atoms with Crippen molar-refractivity contribution < 1.29 is 18.0 Å². The van der Waals surface area contributed by atoms with Crippen molar-refractivity contribution in [1.82, 2.24) is 10.2 Å². The molecular weight excluding hydrogens is 533 g/mol. The number of nitrogens with one attached hydrogen (secondary N) is 1. The lowest BCUT2D eigenvalue weighted by atomic mass is 9.87. The second-order valence-corrected chi connectivity index (χ2v) is 13.1. The molecule has 0 radical (unpaired) electrons. The summed E-state index contributed by atoms with van der Waals surface area (Å²) in [6.07, 6.45) is 1.78. The number of nitrogens with zero attached hydrogens (tertiary/aromatic N) is 2. The molecule has 2 amide bonds. The number of hydrogen-bond donors (Lipinski definition) is 1. The molecule has 37 heavy (non-hydrogen) atoms. The van der Waals surface area contributed by atoms with Gasteiger partial charge in [0.15, 0.2) is 0 Å². The summed E-state index contributed by atoms with van der Waals surface area (Å²) in [5.74, 6) is -0.855. The maximum atomic E-state index is 13.6. The topological polar surface area (TPSA) is 86.8 Å². The second-order valence-electron chi connectivity index (χ2n) is 10.3. The first-order valence-corrected chi connectivity index (χ1v) is 14.8. The lowest BCUT2D eigenvalue weighted by Crippen LogP contribution is -2.52. The Morgan fingerprint density at radius 1 is 1.00 bits per heavy atom. The first-order valence-electron chi connectivity index (χ1n) is 12.2. The first-order chi connectivity index (χ1) is 17.0. The van der Waals surface area contributed by atoms with Crippen LogP contribution in [0.5, 0.6) is 0 Å². The van der Waals surface area contributed by atoms with E-state index in [4.69, 9.17) is 23.2 Å². The summed E-state index contributed by atoms with van der Waals surface area (Å²) in [6.45, 7) is 11.2. The van der Waals surface area contributed by atoms with Crippen molar-refractivity contribution in [1.29, 1.82) is 0 Å². The fourth-order valence-corrected chi connectivity index (χ4v) is 4.79. The standard InChI is InChI=1S/C27H37Cl2N3O4S/c1-8-18(2)30-26(34)19(3)31(16-20-9-14-23(28)24(29)15-20)25(33)17-32(37(7,35)36)22-12-10-21(11-13-22)27(4,5)6/h9-15,18-19H,8,16-17H2,1-7H3,(H,30,34)/t18-,19+/m1/s1. The maximum Gasteiger partial charge on any atom is 0.244 e. The van der Waals surface area contributed by atoms with Crippen LogP contribution in [0.2, 0.25) is 10.0 Å². The molecule has 2 aromatic rings. The van der Waals surface area contributed by atoms with E-state index in [1.165, 1.54) is 4.90 Å². The number of anilines is 1. The zero-order valence-electron chi connectivity index (χ0n) is 22.5. The van der Waals surface area contributed by atoms with Gasteiger partial charge in [-0.15, -0.1) is 0 Å². The van der Waals surface area contributed by atoms with Crippen molar-refractivity contribution in [2.24, 2.45) is 0 Å². The van der Waals surface area contributed by atoms with Crippen LogP contribution in [0.4, 0.5) is 5.69 Å². The molecule has 10 heteroatoms. The number of sulfonamides is 1. The Kier molecular flexibility index (Phi) is 10.5. The molecule has 0 heterocycles. The van der Waals surface area contributed by atoms with Gasteiger partial charge in [-0.25, -0.2) is 8.42 Å². The summed E-state index contributed by atoms with van der Waals surface area (Å²) in [5, 5.41) is 3.58. The van der Waals surface area contributed by atoms with Crippen LogP contribution in [0.3, 0.4) is 0 Å². The Bertz CT molecular complexity index is 1210. The molecule has 204 valence electrons. The lowest BCUT2D eigenvalue weighted by molar-refractivity contribution is -0.139. The highest BCUT2D eigenvalue weighted by molar-refractivity contribution is 7.92. The molecule has 0 aliphatic heterocycles. The zero-order valence-corrected chi connectivity index (χ0v) is 24.8. The highest BCUT2D eigenvalue weighted by Gasteiger charge is 2.30. The number of amides is 2. The fourth-order valence-electron chi connectivity index (χ4n) is 3.62. The summed E-state index contributed by atoms with van der Waals surface area (Å²) in [7, 11) is -3.80. The molecule has 2 rings (SSSR count). The van der Waals surface area contributed by atoms with E-state index in [2.05, 4.69) is 26.1 Å². The molecule has 0 saturated heterocycles. The van der Waals surface area contributed by atoms with Gasteiger partial charge in [-0.05, 0) is 61.1 Å². The van der Waals surface area contributed by atoms with Gasteiger partial charge in [0.25, 0.3) is 0 Å². The van der Waals surface area contributed by atoms with Gasteiger partial charge in [0.1, 0.15) is 12.6 Å². The Morgan fingerprint density at radius 2 is 1.59 bits per heavy atom. The summed E-state index contributed by atoms with van der Waals surface area (Å²) >= 11 is 12.2. The molecule has 0 saturated carbocycles. The van der Waals surface area contributed by atoms with Crippen LogP contribution in [0.25, 0.3) is 0 Å². The largest absolute Gasteiger partial charge is 0.352 e. The summed E-state index contributed by atoms with van der Waals surface area (Å²) in [5.41, 5.74) is 1.95. The van der Waals surface area contributed by atoms with Gasteiger partial charge in [-0.1, -0.05) is 69.1 Å². The molecule has 7 nitrogen and oxygen atoms in total. The zero-order chi connectivity index (χ0) is 28.1. The van der Waals surface area contributed by atoms with Crippen LogP contribution in [0.1, 0.15) is 59.1 Å². The van der Waals surface area contributed by atoms with Crippen molar-refractivity contribution in [3.05, 3.63) is 63.6 Å². The summed E-state index contributed by atoms with van der Waals surface area (Å²) in [4.78, 5) is 28.0. The van der Waals surface area contributed by atoms with Crippen LogP contribution in [-0.2, 0) is 31.6 Å². The predicted molar refractivity (Wildman–Crippen MR) is 152 cm³/mol. The third-order valence-electron chi connectivity index (χ3n) is 6.21. The minimum Gasteiger partial charge on any atom is -0.352 e. The second kappa shape index (κ2) is 12.5. The number of carbonyl (C=O) groups is 2. The maximum absolute atomic E-state index is 13.6. The monoisotopic (exact) mass is 569 g/mol. The fraction of sp³-hybridized carbons (Fsp3) is 0.481. The highest BCUT2D eigenvalue weighted by atomic mass is 35.5. The molecule has 0 aromatic heterocycles. The molecule has 2 aromatic carbocycles. The molecule has 0 aliphatic carbocycles. The van der Waals surface area contributed by atoms with Gasteiger partial charge in [-0.3, -0.25) is 13.9 Å². The van der Waals surface area contributed by atoms with Crippen LogP contribution in [0.15, 0.2) is 42.5 Å². The van der Waals surface area contributed by atoms with Gasteiger partial charge in [0.05, 0.1) is 22.0 Å². The van der Waals surface area contributed by atoms with Gasteiger partial charge in [-0.2, -0.15) is 0 Å². The van der Waals surface area contributed by atoms with Crippen LogP contribution in [0, 0.1) is 0 Å². The number of carbonyl (C=O) groups excluding carboxylic acids is 2. The molecule has 0 aliphatic rings.